The summed E-state index contributed by atoms with van der Waals surface area (Å²) in [7, 11) is 0. The van der Waals surface area contributed by atoms with Gasteiger partial charge in [0.15, 0.2) is 0 Å². The van der Waals surface area contributed by atoms with Gasteiger partial charge in [-0.2, -0.15) is 0 Å². The molecule has 0 radical (unpaired) electrons. The van der Waals surface area contributed by atoms with E-state index < -0.39 is 0 Å². The largest absolute Gasteiger partial charge is 0.466 e. The van der Waals surface area contributed by atoms with E-state index in [1.54, 1.807) is 0 Å². The van der Waals surface area contributed by atoms with Gasteiger partial charge < -0.3 is 9.47 Å². The Morgan fingerprint density at radius 2 is 1.19 bits per heavy atom. The molecule has 0 rings (SSSR count). The van der Waals surface area contributed by atoms with E-state index in [1.165, 1.54) is 38.5 Å². The Morgan fingerprint density at radius 3 is 1.73 bits per heavy atom. The van der Waals surface area contributed by atoms with Crippen molar-refractivity contribution in [3.05, 3.63) is 0 Å². The van der Waals surface area contributed by atoms with Crippen LogP contribution >= 0.6 is 0 Å². The van der Waals surface area contributed by atoms with Crippen LogP contribution in [0.5, 0.6) is 0 Å². The number of ether oxygens (including phenoxy) is 2. The number of carbonyl (C=O) groups excluding carboxylic acids is 2. The molecule has 1 unspecified atom stereocenters. The third-order valence-electron chi connectivity index (χ3n) is 4.60. The van der Waals surface area contributed by atoms with Crippen molar-refractivity contribution in [2.24, 2.45) is 5.92 Å². The molecule has 0 saturated heterocycles. The van der Waals surface area contributed by atoms with Crippen molar-refractivity contribution < 1.29 is 19.1 Å². The van der Waals surface area contributed by atoms with Crippen LogP contribution in [0.3, 0.4) is 0 Å². The summed E-state index contributed by atoms with van der Waals surface area (Å²) in [6.07, 6.45) is 14.2. The van der Waals surface area contributed by atoms with Gasteiger partial charge in [0.05, 0.1) is 13.2 Å². The highest BCUT2D eigenvalue weighted by atomic mass is 16.5. The molecule has 0 aromatic heterocycles. The molecule has 0 fully saturated rings. The van der Waals surface area contributed by atoms with Crippen molar-refractivity contribution in [2.75, 3.05) is 13.2 Å². The summed E-state index contributed by atoms with van der Waals surface area (Å²) in [5.74, 6) is 0.151. The van der Waals surface area contributed by atoms with Crippen LogP contribution in [0.1, 0.15) is 111 Å². The van der Waals surface area contributed by atoms with Gasteiger partial charge in [-0.3, -0.25) is 9.59 Å². The van der Waals surface area contributed by atoms with Gasteiger partial charge in [-0.05, 0) is 31.6 Å². The topological polar surface area (TPSA) is 52.6 Å². The highest BCUT2D eigenvalue weighted by Crippen LogP contribution is 2.10. The van der Waals surface area contributed by atoms with E-state index in [2.05, 4.69) is 20.8 Å². The van der Waals surface area contributed by atoms with Gasteiger partial charge >= 0.3 is 11.9 Å². The van der Waals surface area contributed by atoms with Gasteiger partial charge in [0, 0.05) is 12.8 Å². The number of hydrogen-bond donors (Lipinski definition) is 0. The number of hydrogen-bond acceptors (Lipinski definition) is 4. The zero-order valence-corrected chi connectivity index (χ0v) is 17.5. The third kappa shape index (κ3) is 17.8. The first-order chi connectivity index (χ1) is 12.6. The molecule has 0 aromatic carbocycles. The summed E-state index contributed by atoms with van der Waals surface area (Å²) in [4.78, 5) is 23.3. The van der Waals surface area contributed by atoms with Gasteiger partial charge in [-0.25, -0.2) is 0 Å². The molecule has 0 spiro atoms. The predicted octanol–water partition coefficient (Wildman–Crippen LogP) is 6.21. The minimum Gasteiger partial charge on any atom is -0.466 e. The van der Waals surface area contributed by atoms with Gasteiger partial charge in [0.1, 0.15) is 0 Å². The summed E-state index contributed by atoms with van der Waals surface area (Å²) in [6.45, 7) is 7.39. The molecule has 0 amide bonds. The SMILES string of the molecule is CCCCCCCC(=O)OCCCC(C)COC(=O)CCCCCCC. The van der Waals surface area contributed by atoms with Gasteiger partial charge in [-0.15, -0.1) is 0 Å². The molecular weight excluding hydrogens is 328 g/mol. The number of esters is 2. The molecule has 0 N–H and O–H groups in total. The molecule has 0 aliphatic rings. The number of unbranched alkanes of at least 4 members (excludes halogenated alkanes) is 8. The first-order valence-electron chi connectivity index (χ1n) is 10.9. The van der Waals surface area contributed by atoms with Crippen molar-refractivity contribution in [1.82, 2.24) is 0 Å². The van der Waals surface area contributed by atoms with Crippen LogP contribution in [0.15, 0.2) is 0 Å². The first kappa shape index (κ1) is 24.9. The maximum Gasteiger partial charge on any atom is 0.305 e. The van der Waals surface area contributed by atoms with Gasteiger partial charge in [0.2, 0.25) is 0 Å². The summed E-state index contributed by atoms with van der Waals surface area (Å²) in [5, 5.41) is 0. The highest BCUT2D eigenvalue weighted by Gasteiger charge is 2.08. The molecular formula is C22H42O4. The summed E-state index contributed by atoms with van der Waals surface area (Å²) < 4.78 is 10.6. The van der Waals surface area contributed by atoms with Crippen LogP contribution in [-0.2, 0) is 19.1 Å². The van der Waals surface area contributed by atoms with Crippen molar-refractivity contribution in [2.45, 2.75) is 111 Å². The Balaban J connectivity index is 3.46. The smallest absolute Gasteiger partial charge is 0.305 e. The lowest BCUT2D eigenvalue weighted by Crippen LogP contribution is -2.13. The van der Waals surface area contributed by atoms with Crippen LogP contribution < -0.4 is 0 Å². The predicted molar refractivity (Wildman–Crippen MR) is 107 cm³/mol. The molecule has 0 saturated carbocycles. The lowest BCUT2D eigenvalue weighted by Gasteiger charge is -2.12. The van der Waals surface area contributed by atoms with Crippen LogP contribution in [0.2, 0.25) is 0 Å². The van der Waals surface area contributed by atoms with Gasteiger partial charge in [0.25, 0.3) is 0 Å². The zero-order chi connectivity index (χ0) is 19.5. The third-order valence-corrected chi connectivity index (χ3v) is 4.60. The van der Waals surface area contributed by atoms with Crippen molar-refractivity contribution >= 4 is 11.9 Å². The van der Waals surface area contributed by atoms with Crippen LogP contribution in [0.4, 0.5) is 0 Å². The minimum atomic E-state index is -0.0807. The van der Waals surface area contributed by atoms with Crippen LogP contribution in [0, 0.1) is 5.92 Å². The quantitative estimate of drug-likeness (QED) is 0.212. The standard InChI is InChI=1S/C22H42O4/c1-4-6-8-10-12-16-21(23)25-18-14-15-20(3)19-26-22(24)17-13-11-9-7-5-2/h20H,4-19H2,1-3H3. The number of carbonyl (C=O) groups is 2. The molecule has 1 atom stereocenters. The molecule has 0 aromatic rings. The van der Waals surface area contributed by atoms with Crippen LogP contribution in [-0.4, -0.2) is 25.2 Å². The molecule has 4 heteroatoms. The van der Waals surface area contributed by atoms with Crippen molar-refractivity contribution in [1.29, 1.82) is 0 Å². The number of rotatable bonds is 18. The fraction of sp³-hybridized carbons (Fsp3) is 0.909. The van der Waals surface area contributed by atoms with E-state index in [9.17, 15) is 9.59 Å². The second-order valence-electron chi connectivity index (χ2n) is 7.48. The Kier molecular flexibility index (Phi) is 18.0. The fourth-order valence-electron chi connectivity index (χ4n) is 2.83. The minimum absolute atomic E-state index is 0.0800. The van der Waals surface area contributed by atoms with E-state index in [0.717, 1.165) is 38.5 Å². The molecule has 4 nitrogen and oxygen atoms in total. The zero-order valence-electron chi connectivity index (χ0n) is 17.5. The van der Waals surface area contributed by atoms with Crippen molar-refractivity contribution in [3.8, 4) is 0 Å². The molecule has 0 aliphatic heterocycles. The fourth-order valence-corrected chi connectivity index (χ4v) is 2.83. The van der Waals surface area contributed by atoms with Gasteiger partial charge in [-0.1, -0.05) is 72.1 Å². The summed E-state index contributed by atoms with van der Waals surface area (Å²) in [6, 6.07) is 0. The van der Waals surface area contributed by atoms with E-state index in [0.29, 0.717) is 32.0 Å². The Hall–Kier alpha value is -1.06. The maximum absolute atomic E-state index is 11.7. The van der Waals surface area contributed by atoms with E-state index in [-0.39, 0.29) is 11.9 Å². The van der Waals surface area contributed by atoms with E-state index in [4.69, 9.17) is 9.47 Å². The molecule has 154 valence electrons. The second-order valence-corrected chi connectivity index (χ2v) is 7.48. The van der Waals surface area contributed by atoms with E-state index in [1.807, 2.05) is 0 Å². The first-order valence-corrected chi connectivity index (χ1v) is 10.9. The Labute approximate surface area is 161 Å². The summed E-state index contributed by atoms with van der Waals surface area (Å²) >= 11 is 0. The lowest BCUT2D eigenvalue weighted by atomic mass is 10.1. The molecule has 26 heavy (non-hydrogen) atoms. The normalized spacial score (nSPS) is 12.0. The molecule has 0 heterocycles. The summed E-state index contributed by atoms with van der Waals surface area (Å²) in [5.41, 5.74) is 0. The molecule has 0 aliphatic carbocycles. The van der Waals surface area contributed by atoms with Crippen LogP contribution in [0.25, 0.3) is 0 Å². The van der Waals surface area contributed by atoms with E-state index >= 15 is 0 Å². The average Bonchev–Trinajstić information content (AvgIpc) is 2.63. The molecule has 0 bridgehead atoms. The Bertz CT molecular complexity index is 341. The lowest BCUT2D eigenvalue weighted by molar-refractivity contribution is -0.145. The monoisotopic (exact) mass is 370 g/mol. The van der Waals surface area contributed by atoms with Crippen molar-refractivity contribution in [3.63, 3.8) is 0 Å². The average molecular weight is 371 g/mol. The maximum atomic E-state index is 11.7. The second kappa shape index (κ2) is 18.7. The Morgan fingerprint density at radius 1 is 0.692 bits per heavy atom. The highest BCUT2D eigenvalue weighted by molar-refractivity contribution is 5.69.